The van der Waals surface area contributed by atoms with Gasteiger partial charge in [0, 0.05) is 19.3 Å². The van der Waals surface area contributed by atoms with Gasteiger partial charge in [-0.2, -0.15) is 0 Å². The summed E-state index contributed by atoms with van der Waals surface area (Å²) in [6.45, 7) is 11.0. The third-order valence-electron chi connectivity index (χ3n) is 6.65. The van der Waals surface area contributed by atoms with Crippen LogP contribution in [0.4, 0.5) is 4.79 Å². The van der Waals surface area contributed by atoms with E-state index >= 15 is 0 Å². The maximum atomic E-state index is 12.0. The van der Waals surface area contributed by atoms with Crippen molar-refractivity contribution in [3.8, 4) is 0 Å². The standard InChI is InChI=1S/C29H41N5O3/c1-5-36-21-34-24-15-7-6-14-23(24)32-26(34)20-33(19-9-8-17-31-28(35)37-29(2,3)4)25-16-10-12-22-13-11-18-30-27(22)25/h6-7,11,13-15,18,25H,5,8-10,12,16-17,19-21H2,1-4H3,(H,31,35)/t25-/m1/s1. The highest BCUT2D eigenvalue weighted by Gasteiger charge is 2.28. The Bertz CT molecular complexity index is 1170. The van der Waals surface area contributed by atoms with Crippen LogP contribution in [0.1, 0.15) is 76.5 Å². The molecule has 0 saturated carbocycles. The van der Waals surface area contributed by atoms with Gasteiger partial charge >= 0.3 is 6.09 Å². The number of carbonyl (C=O) groups is 1. The first-order valence-electron chi connectivity index (χ1n) is 13.5. The lowest BCUT2D eigenvalue weighted by atomic mass is 9.90. The van der Waals surface area contributed by atoms with Crippen molar-refractivity contribution in [3.63, 3.8) is 0 Å². The second-order valence-electron chi connectivity index (χ2n) is 10.6. The summed E-state index contributed by atoms with van der Waals surface area (Å²) in [6.07, 6.45) is 6.66. The number of fused-ring (bicyclic) bond motifs is 2. The molecule has 1 amide bonds. The van der Waals surface area contributed by atoms with E-state index in [-0.39, 0.29) is 12.1 Å². The third kappa shape index (κ3) is 7.29. The number of imidazole rings is 1. The zero-order valence-electron chi connectivity index (χ0n) is 22.7. The number of nitrogens with one attached hydrogen (secondary N) is 1. The van der Waals surface area contributed by atoms with Gasteiger partial charge in [0.05, 0.1) is 29.3 Å². The Kier molecular flexibility index (Phi) is 9.16. The lowest BCUT2D eigenvalue weighted by molar-refractivity contribution is 0.0526. The van der Waals surface area contributed by atoms with Gasteiger partial charge in [-0.1, -0.05) is 18.2 Å². The van der Waals surface area contributed by atoms with Gasteiger partial charge in [0.25, 0.3) is 0 Å². The van der Waals surface area contributed by atoms with Gasteiger partial charge in [-0.3, -0.25) is 9.88 Å². The zero-order chi connectivity index (χ0) is 26.3. The van der Waals surface area contributed by atoms with Gasteiger partial charge in [0.2, 0.25) is 0 Å². The van der Waals surface area contributed by atoms with E-state index in [1.54, 1.807) is 0 Å². The SMILES string of the molecule is CCOCn1c(CN(CCCCNC(=O)OC(C)(C)C)[C@@H]2CCCc3cccnc32)nc2ccccc21. The number of unbranched alkanes of at least 4 members (excludes halogenated alkanes) is 1. The van der Waals surface area contributed by atoms with Crippen LogP contribution in [0.3, 0.4) is 0 Å². The highest BCUT2D eigenvalue weighted by atomic mass is 16.6. The molecule has 8 heteroatoms. The first kappa shape index (κ1) is 27.1. The van der Waals surface area contributed by atoms with E-state index in [4.69, 9.17) is 19.4 Å². The molecule has 0 radical (unpaired) electrons. The van der Waals surface area contributed by atoms with Crippen LogP contribution in [0.25, 0.3) is 11.0 Å². The van der Waals surface area contributed by atoms with Crippen molar-refractivity contribution in [2.75, 3.05) is 19.7 Å². The number of rotatable bonds is 11. The van der Waals surface area contributed by atoms with E-state index in [0.717, 1.165) is 55.5 Å². The minimum absolute atomic E-state index is 0.240. The third-order valence-corrected chi connectivity index (χ3v) is 6.65. The van der Waals surface area contributed by atoms with Crippen LogP contribution in [-0.4, -0.2) is 50.8 Å². The highest BCUT2D eigenvalue weighted by Crippen LogP contribution is 2.34. The number of hydrogen-bond donors (Lipinski definition) is 1. The monoisotopic (exact) mass is 507 g/mol. The Hall–Kier alpha value is -2.97. The molecule has 1 aliphatic rings. The molecule has 0 spiro atoms. The van der Waals surface area contributed by atoms with Crippen LogP contribution in [-0.2, 0) is 29.2 Å². The number of benzene rings is 1. The summed E-state index contributed by atoms with van der Waals surface area (Å²) in [5.74, 6) is 1.00. The normalized spacial score (nSPS) is 15.6. The summed E-state index contributed by atoms with van der Waals surface area (Å²) in [5.41, 5.74) is 4.12. The predicted molar refractivity (Wildman–Crippen MR) is 145 cm³/mol. The number of amides is 1. The van der Waals surface area contributed by atoms with Crippen molar-refractivity contribution in [3.05, 3.63) is 59.7 Å². The second-order valence-corrected chi connectivity index (χ2v) is 10.6. The van der Waals surface area contributed by atoms with Gasteiger partial charge in [0.1, 0.15) is 18.2 Å². The Morgan fingerprint density at radius 1 is 1.19 bits per heavy atom. The van der Waals surface area contributed by atoms with Crippen molar-refractivity contribution >= 4 is 17.1 Å². The summed E-state index contributed by atoms with van der Waals surface area (Å²) in [4.78, 5) is 24.3. The molecule has 200 valence electrons. The number of alkyl carbamates (subject to hydrolysis) is 1. The second kappa shape index (κ2) is 12.5. The lowest BCUT2D eigenvalue weighted by Gasteiger charge is -2.35. The van der Waals surface area contributed by atoms with Crippen LogP contribution in [0, 0.1) is 0 Å². The Morgan fingerprint density at radius 2 is 2.03 bits per heavy atom. The summed E-state index contributed by atoms with van der Waals surface area (Å²) in [6, 6.07) is 12.7. The Labute approximate surface area is 220 Å². The van der Waals surface area contributed by atoms with Gasteiger partial charge in [-0.05, 0) is 90.1 Å². The maximum absolute atomic E-state index is 12.0. The number of ether oxygens (including phenoxy) is 2. The molecule has 1 N–H and O–H groups in total. The highest BCUT2D eigenvalue weighted by molar-refractivity contribution is 5.75. The number of hydrogen-bond acceptors (Lipinski definition) is 6. The van der Waals surface area contributed by atoms with Gasteiger partial charge < -0.3 is 19.4 Å². The topological polar surface area (TPSA) is 81.5 Å². The molecule has 4 rings (SSSR count). The molecule has 2 heterocycles. The first-order chi connectivity index (χ1) is 17.9. The molecule has 1 aliphatic carbocycles. The largest absolute Gasteiger partial charge is 0.444 e. The number of carbonyl (C=O) groups excluding carboxylic acids is 1. The molecule has 2 aromatic heterocycles. The molecule has 0 aliphatic heterocycles. The zero-order valence-corrected chi connectivity index (χ0v) is 22.7. The number of aryl methyl sites for hydroxylation is 1. The minimum atomic E-state index is -0.491. The average molecular weight is 508 g/mol. The van der Waals surface area contributed by atoms with Gasteiger partial charge in [-0.15, -0.1) is 0 Å². The quantitative estimate of drug-likeness (QED) is 0.340. The van der Waals surface area contributed by atoms with Crippen LogP contribution in [0.5, 0.6) is 0 Å². The molecule has 8 nitrogen and oxygen atoms in total. The fourth-order valence-electron chi connectivity index (χ4n) is 4.98. The first-order valence-corrected chi connectivity index (χ1v) is 13.5. The van der Waals surface area contributed by atoms with Gasteiger partial charge in [0.15, 0.2) is 0 Å². The molecule has 0 bridgehead atoms. The number of aromatic nitrogens is 3. The van der Waals surface area contributed by atoms with Crippen molar-refractivity contribution in [2.45, 2.75) is 84.7 Å². The Morgan fingerprint density at radius 3 is 2.84 bits per heavy atom. The van der Waals surface area contributed by atoms with Crippen molar-refractivity contribution in [2.24, 2.45) is 0 Å². The lowest BCUT2D eigenvalue weighted by Crippen LogP contribution is -2.35. The van der Waals surface area contributed by atoms with Gasteiger partial charge in [-0.25, -0.2) is 9.78 Å². The van der Waals surface area contributed by atoms with E-state index in [1.807, 2.05) is 52.1 Å². The van der Waals surface area contributed by atoms with Crippen molar-refractivity contribution in [1.82, 2.24) is 24.8 Å². The fourth-order valence-corrected chi connectivity index (χ4v) is 4.98. The summed E-state index contributed by atoms with van der Waals surface area (Å²) in [5, 5.41) is 2.88. The molecule has 1 atom stereocenters. The average Bonchev–Trinajstić information content (AvgIpc) is 3.22. The molecule has 37 heavy (non-hydrogen) atoms. The van der Waals surface area contributed by atoms with Crippen LogP contribution < -0.4 is 5.32 Å². The molecule has 3 aromatic rings. The minimum Gasteiger partial charge on any atom is -0.444 e. The van der Waals surface area contributed by atoms with E-state index in [1.165, 1.54) is 11.3 Å². The molecule has 0 fully saturated rings. The van der Waals surface area contributed by atoms with Crippen molar-refractivity contribution < 1.29 is 14.3 Å². The summed E-state index contributed by atoms with van der Waals surface area (Å²) >= 11 is 0. The van der Waals surface area contributed by atoms with E-state index < -0.39 is 5.60 Å². The molecule has 0 unspecified atom stereocenters. The maximum Gasteiger partial charge on any atom is 0.407 e. The summed E-state index contributed by atoms with van der Waals surface area (Å²) in [7, 11) is 0. The van der Waals surface area contributed by atoms with Crippen molar-refractivity contribution in [1.29, 1.82) is 0 Å². The van der Waals surface area contributed by atoms with Crippen LogP contribution in [0.2, 0.25) is 0 Å². The molecular formula is C29H41N5O3. The number of para-hydroxylation sites is 2. The van der Waals surface area contributed by atoms with E-state index in [0.29, 0.717) is 26.4 Å². The smallest absolute Gasteiger partial charge is 0.407 e. The fraction of sp³-hybridized carbons (Fsp3) is 0.552. The van der Waals surface area contributed by atoms with Crippen LogP contribution in [0.15, 0.2) is 42.6 Å². The molecular weight excluding hydrogens is 466 g/mol. The molecule has 1 aromatic carbocycles. The number of nitrogens with zero attached hydrogens (tertiary/aromatic N) is 4. The predicted octanol–water partition coefficient (Wildman–Crippen LogP) is 5.61. The molecule has 0 saturated heterocycles. The van der Waals surface area contributed by atoms with E-state index in [9.17, 15) is 4.79 Å². The van der Waals surface area contributed by atoms with E-state index in [2.05, 4.69) is 33.0 Å². The number of pyridine rings is 1. The Balaban J connectivity index is 1.50. The van der Waals surface area contributed by atoms with Crippen LogP contribution >= 0.6 is 0 Å². The summed E-state index contributed by atoms with van der Waals surface area (Å²) < 4.78 is 13.4.